The Bertz CT molecular complexity index is 1370. The molecule has 0 radical (unpaired) electrons. The molecule has 0 bridgehead atoms. The van der Waals surface area contributed by atoms with Crippen molar-refractivity contribution in [2.24, 2.45) is 13.0 Å². The molecule has 0 aliphatic heterocycles. The van der Waals surface area contributed by atoms with Gasteiger partial charge in [-0.3, -0.25) is 4.79 Å². The van der Waals surface area contributed by atoms with Crippen LogP contribution in [0.3, 0.4) is 0 Å². The molecule has 1 fully saturated rings. The molecule has 11 heteroatoms. The number of hydrogen-bond acceptors (Lipinski definition) is 9. The van der Waals surface area contributed by atoms with E-state index in [1.54, 1.807) is 4.68 Å². The number of pyridine rings is 1. The topological polar surface area (TPSA) is 141 Å². The van der Waals surface area contributed by atoms with Crippen molar-refractivity contribution < 1.29 is 19.2 Å². The van der Waals surface area contributed by atoms with E-state index in [0.29, 0.717) is 60.5 Å². The summed E-state index contributed by atoms with van der Waals surface area (Å²) in [5, 5.41) is 25.0. The largest absolute Gasteiger partial charge is 0.489 e. The molecule has 5 rings (SSSR count). The molecule has 2 atom stereocenters. The summed E-state index contributed by atoms with van der Waals surface area (Å²) in [6, 6.07) is 14.0. The van der Waals surface area contributed by atoms with E-state index in [4.69, 9.17) is 14.2 Å². The minimum absolute atomic E-state index is 0.126. The number of carboxylic acids is 1. The molecule has 37 heavy (non-hydrogen) atoms. The highest BCUT2D eigenvalue weighted by Crippen LogP contribution is 2.30. The zero-order chi connectivity index (χ0) is 25.8. The van der Waals surface area contributed by atoms with Crippen molar-refractivity contribution in [2.45, 2.75) is 51.7 Å². The number of carbonyl (C=O) groups is 1. The Morgan fingerprint density at radius 3 is 2.81 bits per heavy atom. The molecule has 1 aliphatic carbocycles. The highest BCUT2D eigenvalue weighted by Gasteiger charge is 2.28. The lowest BCUT2D eigenvalue weighted by molar-refractivity contribution is -0.143. The van der Waals surface area contributed by atoms with Crippen molar-refractivity contribution in [3.8, 4) is 17.1 Å². The van der Waals surface area contributed by atoms with Gasteiger partial charge in [0.2, 0.25) is 0 Å². The summed E-state index contributed by atoms with van der Waals surface area (Å²) in [7, 11) is 1.81. The van der Waals surface area contributed by atoms with E-state index in [-0.39, 0.29) is 12.0 Å². The average Bonchev–Trinajstić information content (AvgIpc) is 3.50. The summed E-state index contributed by atoms with van der Waals surface area (Å²) >= 11 is 0. The van der Waals surface area contributed by atoms with Crippen LogP contribution >= 0.6 is 0 Å². The predicted molar refractivity (Wildman–Crippen MR) is 134 cm³/mol. The molecule has 192 valence electrons. The van der Waals surface area contributed by atoms with Crippen LogP contribution in [-0.4, -0.2) is 47.3 Å². The van der Waals surface area contributed by atoms with E-state index < -0.39 is 5.97 Å². The molecule has 3 heterocycles. The molecule has 1 aliphatic rings. The number of aliphatic carboxylic acids is 1. The van der Waals surface area contributed by atoms with E-state index in [1.807, 2.05) is 56.4 Å². The second kappa shape index (κ2) is 10.8. The highest BCUT2D eigenvalue weighted by atomic mass is 16.5. The number of carboxylic acid groups (broad SMARTS) is 1. The highest BCUT2D eigenvalue weighted by molar-refractivity contribution is 5.70. The monoisotopic (exact) mass is 503 g/mol. The molecule has 0 spiro atoms. The second-order valence-corrected chi connectivity index (χ2v) is 9.26. The maximum Gasteiger partial charge on any atom is 0.321 e. The van der Waals surface area contributed by atoms with Gasteiger partial charge in [-0.05, 0) is 50.3 Å². The van der Waals surface area contributed by atoms with Crippen LogP contribution in [0.25, 0.3) is 11.4 Å². The maximum absolute atomic E-state index is 11.4. The van der Waals surface area contributed by atoms with Gasteiger partial charge >= 0.3 is 12.0 Å². The van der Waals surface area contributed by atoms with Crippen molar-refractivity contribution >= 4 is 12.0 Å². The number of nitrogens with zero attached hydrogens (tertiary/aromatic N) is 6. The summed E-state index contributed by atoms with van der Waals surface area (Å²) in [6.07, 6.45) is 3.36. The van der Waals surface area contributed by atoms with Gasteiger partial charge < -0.3 is 19.7 Å². The lowest BCUT2D eigenvalue weighted by Crippen LogP contribution is -2.29. The summed E-state index contributed by atoms with van der Waals surface area (Å²) < 4.78 is 13.2. The molecule has 1 aromatic carbocycles. The normalized spacial score (nSPS) is 17.5. The van der Waals surface area contributed by atoms with Gasteiger partial charge in [0.05, 0.1) is 35.6 Å². The van der Waals surface area contributed by atoms with Gasteiger partial charge in [-0.2, -0.15) is 4.98 Å². The molecule has 1 saturated carbocycles. The minimum atomic E-state index is -0.754. The second-order valence-electron chi connectivity index (χ2n) is 9.26. The fourth-order valence-electron chi connectivity index (χ4n) is 4.57. The smallest absolute Gasteiger partial charge is 0.321 e. The van der Waals surface area contributed by atoms with Crippen molar-refractivity contribution in [3.05, 3.63) is 65.2 Å². The summed E-state index contributed by atoms with van der Waals surface area (Å²) in [5.41, 5.74) is 3.92. The lowest BCUT2D eigenvalue weighted by Gasteiger charge is -2.27. The summed E-state index contributed by atoms with van der Waals surface area (Å²) in [5.74, 6) is 0.141. The van der Waals surface area contributed by atoms with Crippen LogP contribution < -0.4 is 10.1 Å². The predicted octanol–water partition coefficient (Wildman–Crippen LogP) is 3.79. The van der Waals surface area contributed by atoms with E-state index >= 15 is 0 Å². The van der Waals surface area contributed by atoms with Crippen LogP contribution in [0.5, 0.6) is 5.75 Å². The zero-order valence-electron chi connectivity index (χ0n) is 20.8. The summed E-state index contributed by atoms with van der Waals surface area (Å²) in [6.45, 7) is 2.24. The first-order chi connectivity index (χ1) is 18.0. The maximum atomic E-state index is 11.4. The number of aromatic nitrogens is 6. The third kappa shape index (κ3) is 5.76. The van der Waals surface area contributed by atoms with Gasteiger partial charge in [-0.25, -0.2) is 9.67 Å². The fourth-order valence-corrected chi connectivity index (χ4v) is 4.57. The molecule has 0 unspecified atom stereocenters. The van der Waals surface area contributed by atoms with Crippen molar-refractivity contribution in [2.75, 3.05) is 5.32 Å². The van der Waals surface area contributed by atoms with Gasteiger partial charge in [0.25, 0.3) is 0 Å². The van der Waals surface area contributed by atoms with Crippen LogP contribution in [0, 0.1) is 12.8 Å². The molecule has 2 N–H and O–H groups in total. The van der Waals surface area contributed by atoms with E-state index in [2.05, 4.69) is 25.8 Å². The van der Waals surface area contributed by atoms with Crippen LogP contribution in [0.1, 0.15) is 48.5 Å². The third-order valence-corrected chi connectivity index (χ3v) is 6.57. The van der Waals surface area contributed by atoms with E-state index in [9.17, 15) is 9.90 Å². The summed E-state index contributed by atoms with van der Waals surface area (Å²) in [4.78, 5) is 20.5. The van der Waals surface area contributed by atoms with Gasteiger partial charge in [-0.1, -0.05) is 40.7 Å². The van der Waals surface area contributed by atoms with Gasteiger partial charge in [-0.15, -0.1) is 5.10 Å². The van der Waals surface area contributed by atoms with Gasteiger partial charge in [0.15, 0.2) is 5.82 Å². The number of aryl methyl sites for hydroxylation is 2. The van der Waals surface area contributed by atoms with E-state index in [0.717, 1.165) is 24.1 Å². The number of hydrogen-bond donors (Lipinski definition) is 2. The average molecular weight is 504 g/mol. The molecule has 3 aromatic heterocycles. The van der Waals surface area contributed by atoms with Crippen molar-refractivity contribution in [1.82, 2.24) is 30.1 Å². The van der Waals surface area contributed by atoms with Crippen LogP contribution in [0.15, 0.2) is 47.0 Å². The van der Waals surface area contributed by atoms with Gasteiger partial charge in [0.1, 0.15) is 11.4 Å². The molecule has 0 saturated heterocycles. The Labute approximate surface area is 213 Å². The Morgan fingerprint density at radius 1 is 1.19 bits per heavy atom. The quantitative estimate of drug-likeness (QED) is 0.346. The lowest BCUT2D eigenvalue weighted by atomic mass is 9.87. The van der Waals surface area contributed by atoms with Crippen LogP contribution in [0.4, 0.5) is 6.01 Å². The van der Waals surface area contributed by atoms with E-state index in [1.165, 1.54) is 0 Å². The number of anilines is 1. The fraction of sp³-hybridized carbons (Fsp3) is 0.385. The van der Waals surface area contributed by atoms with Gasteiger partial charge in [0, 0.05) is 13.5 Å². The number of nitrogens with one attached hydrogen (secondary N) is 1. The Morgan fingerprint density at radius 2 is 2.03 bits per heavy atom. The standard InChI is InChI=1S/C26H29N7O4/c1-16-22(36-19-10-6-9-18(14-19)25(34)35)12-11-20(28-16)24-21(33(2)32-30-24)15-27-26-29-23(31-37-26)13-17-7-4-3-5-8-17/h3-5,7-8,11-12,18-19H,6,9-10,13-15H2,1-2H3,(H,34,35)(H,27,29,31)/t18-,19-/m0/s1. The number of benzene rings is 1. The van der Waals surface area contributed by atoms with Crippen molar-refractivity contribution in [1.29, 1.82) is 0 Å². The number of rotatable bonds is 9. The third-order valence-electron chi connectivity index (χ3n) is 6.57. The Kier molecular flexibility index (Phi) is 7.11. The first kappa shape index (κ1) is 24.4. The SMILES string of the molecule is Cc1nc(-c2nnn(C)c2CNc2nc(Cc3ccccc3)no2)ccc1O[C@H]1CCC[C@H](C(=O)O)C1. The first-order valence-corrected chi connectivity index (χ1v) is 12.3. The molecular formula is C26H29N7O4. The molecular weight excluding hydrogens is 474 g/mol. The zero-order valence-corrected chi connectivity index (χ0v) is 20.8. The minimum Gasteiger partial charge on any atom is -0.489 e. The Balaban J connectivity index is 1.25. The van der Waals surface area contributed by atoms with Crippen LogP contribution in [-0.2, 0) is 24.8 Å². The van der Waals surface area contributed by atoms with Crippen LogP contribution in [0.2, 0.25) is 0 Å². The molecule has 11 nitrogen and oxygen atoms in total. The molecule has 4 aromatic rings. The first-order valence-electron chi connectivity index (χ1n) is 12.3. The van der Waals surface area contributed by atoms with Crippen molar-refractivity contribution in [3.63, 3.8) is 0 Å². The molecule has 0 amide bonds. The Hall–Kier alpha value is -4.28. The number of ether oxygens (including phenoxy) is 1.